The fourth-order valence-corrected chi connectivity index (χ4v) is 6.49. The van der Waals surface area contributed by atoms with Gasteiger partial charge in [-0.2, -0.15) is 0 Å². The first-order chi connectivity index (χ1) is 14.2. The Balaban J connectivity index is 1.66. The zero-order chi connectivity index (χ0) is 21.6. The van der Waals surface area contributed by atoms with Crippen LogP contribution in [0.2, 0.25) is 0 Å². The first kappa shape index (κ1) is 20.9. The van der Waals surface area contributed by atoms with E-state index in [9.17, 15) is 14.4 Å². The Morgan fingerprint density at radius 1 is 1.00 bits per heavy atom. The second-order valence-corrected chi connectivity index (χ2v) is 9.32. The molecule has 0 aromatic heterocycles. The van der Waals surface area contributed by atoms with Gasteiger partial charge in [-0.05, 0) is 60.8 Å². The normalized spacial score (nSPS) is 34.2. The van der Waals surface area contributed by atoms with Gasteiger partial charge in [0.2, 0.25) is 0 Å². The van der Waals surface area contributed by atoms with Crippen molar-refractivity contribution in [3.05, 3.63) is 29.3 Å². The van der Waals surface area contributed by atoms with Crippen LogP contribution in [-0.4, -0.2) is 30.1 Å². The van der Waals surface area contributed by atoms with Crippen molar-refractivity contribution in [1.29, 1.82) is 0 Å². The molecule has 0 aliphatic heterocycles. The number of aryl methyl sites for hydroxylation is 1. The van der Waals surface area contributed by atoms with Crippen molar-refractivity contribution in [2.24, 2.45) is 17.3 Å². The number of rotatable bonds is 3. The van der Waals surface area contributed by atoms with E-state index in [0.29, 0.717) is 24.0 Å². The molecule has 0 saturated heterocycles. The summed E-state index contributed by atoms with van der Waals surface area (Å²) in [5.74, 6) is 0.601. The Bertz CT molecular complexity index is 876. The molecule has 0 bridgehead atoms. The van der Waals surface area contributed by atoms with E-state index in [4.69, 9.17) is 14.2 Å². The highest BCUT2D eigenvalue weighted by Gasteiger charge is 2.61. The highest BCUT2D eigenvalue weighted by atomic mass is 16.6. The SMILES string of the molecule is CC(=O)Oc1ccc2c(c1)CCC1C2CCC2(C)C(OC(C)=O)CC(OC(C)=O)C12. The minimum atomic E-state index is -0.316. The summed E-state index contributed by atoms with van der Waals surface area (Å²) in [4.78, 5) is 34.9. The summed E-state index contributed by atoms with van der Waals surface area (Å²) >= 11 is 0. The number of fused-ring (bicyclic) bond motifs is 5. The molecule has 0 amide bonds. The van der Waals surface area contributed by atoms with Crippen LogP contribution in [0.4, 0.5) is 0 Å². The molecule has 6 atom stereocenters. The molecule has 0 radical (unpaired) electrons. The molecule has 2 saturated carbocycles. The summed E-state index contributed by atoms with van der Waals surface area (Å²) in [6, 6.07) is 5.95. The van der Waals surface area contributed by atoms with Gasteiger partial charge in [-0.1, -0.05) is 13.0 Å². The van der Waals surface area contributed by atoms with E-state index in [-0.39, 0.29) is 41.4 Å². The van der Waals surface area contributed by atoms with Crippen LogP contribution in [0.25, 0.3) is 0 Å². The molecule has 1 aromatic rings. The summed E-state index contributed by atoms with van der Waals surface area (Å²) in [6.07, 6.45) is 3.91. The molecule has 4 rings (SSSR count). The van der Waals surface area contributed by atoms with Crippen LogP contribution >= 0.6 is 0 Å². The van der Waals surface area contributed by atoms with Crippen molar-refractivity contribution in [2.45, 2.75) is 77.9 Å². The second kappa shape index (κ2) is 7.71. The Morgan fingerprint density at radius 3 is 2.40 bits per heavy atom. The molecule has 6 heteroatoms. The van der Waals surface area contributed by atoms with Crippen molar-refractivity contribution >= 4 is 17.9 Å². The van der Waals surface area contributed by atoms with E-state index < -0.39 is 0 Å². The van der Waals surface area contributed by atoms with Gasteiger partial charge in [-0.15, -0.1) is 0 Å². The van der Waals surface area contributed by atoms with Gasteiger partial charge in [0.15, 0.2) is 0 Å². The first-order valence-corrected chi connectivity index (χ1v) is 10.8. The fourth-order valence-electron chi connectivity index (χ4n) is 6.49. The van der Waals surface area contributed by atoms with E-state index in [2.05, 4.69) is 13.0 Å². The topological polar surface area (TPSA) is 78.9 Å². The highest BCUT2D eigenvalue weighted by Crippen LogP contribution is 2.62. The Kier molecular flexibility index (Phi) is 5.37. The third kappa shape index (κ3) is 3.61. The number of hydrogen-bond acceptors (Lipinski definition) is 6. The monoisotopic (exact) mass is 414 g/mol. The number of ether oxygens (including phenoxy) is 3. The van der Waals surface area contributed by atoms with Crippen molar-refractivity contribution < 1.29 is 28.6 Å². The molecule has 0 heterocycles. The number of carbonyl (C=O) groups is 3. The largest absolute Gasteiger partial charge is 0.462 e. The van der Waals surface area contributed by atoms with Crippen molar-refractivity contribution in [2.75, 3.05) is 0 Å². The third-order valence-electron chi connectivity index (χ3n) is 7.46. The molecule has 30 heavy (non-hydrogen) atoms. The van der Waals surface area contributed by atoms with Crippen LogP contribution in [0.15, 0.2) is 18.2 Å². The zero-order valence-corrected chi connectivity index (χ0v) is 18.1. The van der Waals surface area contributed by atoms with Crippen molar-refractivity contribution in [1.82, 2.24) is 0 Å². The summed E-state index contributed by atoms with van der Waals surface area (Å²) in [5, 5.41) is 0. The van der Waals surface area contributed by atoms with Gasteiger partial charge in [0.25, 0.3) is 0 Å². The Labute approximate surface area is 177 Å². The summed E-state index contributed by atoms with van der Waals surface area (Å²) < 4.78 is 16.8. The van der Waals surface area contributed by atoms with Gasteiger partial charge in [-0.25, -0.2) is 0 Å². The third-order valence-corrected chi connectivity index (χ3v) is 7.46. The molecule has 6 nitrogen and oxygen atoms in total. The van der Waals surface area contributed by atoms with Gasteiger partial charge in [0.1, 0.15) is 18.0 Å². The fraction of sp³-hybridized carbons (Fsp3) is 0.625. The Morgan fingerprint density at radius 2 is 1.73 bits per heavy atom. The van der Waals surface area contributed by atoms with E-state index in [1.165, 1.54) is 31.9 Å². The van der Waals surface area contributed by atoms with Crippen LogP contribution in [0.3, 0.4) is 0 Å². The molecule has 1 aromatic carbocycles. The molecule has 3 aliphatic rings. The van der Waals surface area contributed by atoms with E-state index in [1.807, 2.05) is 12.1 Å². The van der Waals surface area contributed by atoms with Crippen LogP contribution in [0.1, 0.15) is 70.4 Å². The minimum Gasteiger partial charge on any atom is -0.462 e. The summed E-state index contributed by atoms with van der Waals surface area (Å²) in [6.45, 7) is 6.50. The van der Waals surface area contributed by atoms with Gasteiger partial charge in [0, 0.05) is 38.5 Å². The zero-order valence-electron chi connectivity index (χ0n) is 18.1. The number of carbonyl (C=O) groups excluding carboxylic acids is 3. The summed E-state index contributed by atoms with van der Waals surface area (Å²) in [5.41, 5.74) is 2.35. The lowest BCUT2D eigenvalue weighted by atomic mass is 9.55. The lowest BCUT2D eigenvalue weighted by molar-refractivity contribution is -0.156. The minimum absolute atomic E-state index is 0.158. The molecule has 162 valence electrons. The van der Waals surface area contributed by atoms with E-state index >= 15 is 0 Å². The molecule has 2 fully saturated rings. The highest BCUT2D eigenvalue weighted by molar-refractivity contribution is 5.69. The molecule has 3 aliphatic carbocycles. The maximum absolute atomic E-state index is 11.8. The standard InChI is InChI=1S/C24H30O6/c1-13(25)28-17-6-8-18-16(11-17)5-7-20-19(18)9-10-24(4)22(30-15(3)27)12-21(23(20)24)29-14(2)26/h6,8,11,19-23H,5,7,9-10,12H2,1-4H3. The number of esters is 3. The predicted octanol–water partition coefficient (Wildman–Crippen LogP) is 3.94. The van der Waals surface area contributed by atoms with Crippen LogP contribution in [0.5, 0.6) is 5.75 Å². The smallest absolute Gasteiger partial charge is 0.308 e. The van der Waals surface area contributed by atoms with Crippen molar-refractivity contribution in [3.8, 4) is 5.75 Å². The second-order valence-electron chi connectivity index (χ2n) is 9.32. The van der Waals surface area contributed by atoms with E-state index in [1.54, 1.807) is 0 Å². The average molecular weight is 414 g/mol. The lowest BCUT2D eigenvalue weighted by Crippen LogP contribution is -2.47. The predicted molar refractivity (Wildman–Crippen MR) is 109 cm³/mol. The average Bonchev–Trinajstić information content (AvgIpc) is 2.91. The van der Waals surface area contributed by atoms with Crippen LogP contribution in [0, 0.1) is 17.3 Å². The Hall–Kier alpha value is -2.37. The van der Waals surface area contributed by atoms with Crippen LogP contribution in [-0.2, 0) is 30.3 Å². The number of benzene rings is 1. The molecule has 6 unspecified atom stereocenters. The van der Waals surface area contributed by atoms with Gasteiger partial charge in [0.05, 0.1) is 0 Å². The molecule has 0 N–H and O–H groups in total. The maximum atomic E-state index is 11.8. The van der Waals surface area contributed by atoms with Crippen molar-refractivity contribution in [3.63, 3.8) is 0 Å². The van der Waals surface area contributed by atoms with Gasteiger partial charge in [-0.3, -0.25) is 14.4 Å². The van der Waals surface area contributed by atoms with Crippen LogP contribution < -0.4 is 4.74 Å². The quantitative estimate of drug-likeness (QED) is 0.551. The summed E-state index contributed by atoms with van der Waals surface area (Å²) in [7, 11) is 0. The number of hydrogen-bond donors (Lipinski definition) is 0. The molecule has 0 spiro atoms. The lowest BCUT2D eigenvalue weighted by Gasteiger charge is -2.51. The maximum Gasteiger partial charge on any atom is 0.308 e. The first-order valence-electron chi connectivity index (χ1n) is 10.8. The van der Waals surface area contributed by atoms with Gasteiger partial charge >= 0.3 is 17.9 Å². The molecular formula is C24H30O6. The van der Waals surface area contributed by atoms with E-state index in [0.717, 1.165) is 25.7 Å². The molecular weight excluding hydrogens is 384 g/mol. The van der Waals surface area contributed by atoms with Gasteiger partial charge < -0.3 is 14.2 Å².